The number of aliphatic carboxylic acids is 1. The first-order chi connectivity index (χ1) is 8.81. The lowest BCUT2D eigenvalue weighted by Gasteiger charge is -2.18. The second-order valence-corrected chi connectivity index (χ2v) is 5.35. The summed E-state index contributed by atoms with van der Waals surface area (Å²) in [7, 11) is 0. The van der Waals surface area contributed by atoms with Gasteiger partial charge in [-0.3, -0.25) is 14.9 Å². The van der Waals surface area contributed by atoms with Gasteiger partial charge in [0.1, 0.15) is 0 Å². The van der Waals surface area contributed by atoms with E-state index >= 15 is 0 Å². The van der Waals surface area contributed by atoms with Crippen molar-refractivity contribution in [1.29, 1.82) is 0 Å². The fourth-order valence-corrected chi connectivity index (χ4v) is 1.67. The molecule has 0 saturated carbocycles. The fourth-order valence-electron chi connectivity index (χ4n) is 1.67. The Hall–Kier alpha value is -1.63. The van der Waals surface area contributed by atoms with Crippen molar-refractivity contribution < 1.29 is 24.2 Å². The average molecular weight is 272 g/mol. The topological polar surface area (TPSA) is 105 Å². The predicted octanol–water partition coefficient (Wildman–Crippen LogP) is 0.350. The molecule has 0 spiro atoms. The third-order valence-corrected chi connectivity index (χ3v) is 3.01. The quantitative estimate of drug-likeness (QED) is 0.669. The maximum Gasteiger partial charge on any atom is 0.321 e. The van der Waals surface area contributed by atoms with Gasteiger partial charge in [0, 0.05) is 25.5 Å². The van der Waals surface area contributed by atoms with Crippen LogP contribution >= 0.6 is 0 Å². The lowest BCUT2D eigenvalue weighted by molar-refractivity contribution is -0.149. The molecule has 0 bridgehead atoms. The van der Waals surface area contributed by atoms with Crippen molar-refractivity contribution in [1.82, 2.24) is 10.6 Å². The van der Waals surface area contributed by atoms with E-state index in [0.29, 0.717) is 19.8 Å². The highest BCUT2D eigenvalue weighted by molar-refractivity contribution is 5.96. The number of hydrogen-bond donors (Lipinski definition) is 3. The average Bonchev–Trinajstić information content (AvgIpc) is 2.77. The third kappa shape index (κ3) is 5.25. The third-order valence-electron chi connectivity index (χ3n) is 3.01. The number of urea groups is 1. The van der Waals surface area contributed by atoms with Crippen LogP contribution in [0.15, 0.2) is 0 Å². The molecule has 1 rings (SSSR count). The van der Waals surface area contributed by atoms with E-state index in [1.165, 1.54) is 13.8 Å². The summed E-state index contributed by atoms with van der Waals surface area (Å²) in [6.45, 7) is 4.62. The Labute approximate surface area is 111 Å². The van der Waals surface area contributed by atoms with Gasteiger partial charge < -0.3 is 15.2 Å². The number of ether oxygens (including phenoxy) is 1. The molecule has 1 heterocycles. The Balaban J connectivity index is 2.27. The molecule has 7 heteroatoms. The van der Waals surface area contributed by atoms with Crippen molar-refractivity contribution in [2.75, 3.05) is 19.8 Å². The fraction of sp³-hybridized carbons (Fsp3) is 0.750. The lowest BCUT2D eigenvalue weighted by Crippen LogP contribution is -2.43. The second-order valence-electron chi connectivity index (χ2n) is 5.35. The Morgan fingerprint density at radius 3 is 2.58 bits per heavy atom. The summed E-state index contributed by atoms with van der Waals surface area (Å²) >= 11 is 0. The predicted molar refractivity (Wildman–Crippen MR) is 66.5 cm³/mol. The number of carbonyl (C=O) groups is 3. The minimum atomic E-state index is -1.19. The number of amides is 3. The van der Waals surface area contributed by atoms with Crippen molar-refractivity contribution in [3.05, 3.63) is 0 Å². The number of carboxylic acids is 1. The molecule has 0 aliphatic carbocycles. The molecule has 0 aromatic carbocycles. The van der Waals surface area contributed by atoms with E-state index in [1.807, 2.05) is 0 Å². The van der Waals surface area contributed by atoms with Gasteiger partial charge in [-0.15, -0.1) is 0 Å². The highest BCUT2D eigenvalue weighted by Crippen LogP contribution is 2.19. The Bertz CT molecular complexity index is 361. The molecule has 7 nitrogen and oxygen atoms in total. The molecule has 1 aliphatic heterocycles. The summed E-state index contributed by atoms with van der Waals surface area (Å²) in [5.41, 5.74) is -1.19. The number of carboxylic acid groups (broad SMARTS) is 1. The molecule has 0 aromatic rings. The van der Waals surface area contributed by atoms with Crippen LogP contribution in [0.2, 0.25) is 0 Å². The summed E-state index contributed by atoms with van der Waals surface area (Å²) in [4.78, 5) is 33.8. The molecule has 3 amide bonds. The van der Waals surface area contributed by atoms with Crippen molar-refractivity contribution in [2.45, 2.75) is 26.7 Å². The molecule has 0 radical (unpaired) electrons. The van der Waals surface area contributed by atoms with E-state index in [4.69, 9.17) is 9.84 Å². The molecule has 0 aromatic heterocycles. The van der Waals surface area contributed by atoms with Crippen LogP contribution in [0.5, 0.6) is 0 Å². The van der Waals surface area contributed by atoms with Gasteiger partial charge in [0.25, 0.3) is 0 Å². The van der Waals surface area contributed by atoms with Crippen LogP contribution < -0.4 is 10.6 Å². The SMILES string of the molecule is CC(C)(CC(=O)NC(=O)NCC1CCOC1)C(=O)O. The molecular weight excluding hydrogens is 252 g/mol. The summed E-state index contributed by atoms with van der Waals surface area (Å²) in [6, 6.07) is -0.599. The minimum absolute atomic E-state index is 0.248. The molecule has 1 atom stereocenters. The smallest absolute Gasteiger partial charge is 0.321 e. The van der Waals surface area contributed by atoms with Gasteiger partial charge in [-0.05, 0) is 20.3 Å². The standard InChI is InChI=1S/C12H20N2O5/c1-12(2,10(16)17)5-9(15)14-11(18)13-6-8-3-4-19-7-8/h8H,3-7H2,1-2H3,(H,16,17)(H2,13,14,15,18). The van der Waals surface area contributed by atoms with Gasteiger partial charge in [0.15, 0.2) is 0 Å². The van der Waals surface area contributed by atoms with Crippen LogP contribution in [0.25, 0.3) is 0 Å². The summed E-state index contributed by atoms with van der Waals surface area (Å²) < 4.78 is 5.16. The number of carbonyl (C=O) groups excluding carboxylic acids is 2. The van der Waals surface area contributed by atoms with E-state index in [0.717, 1.165) is 6.42 Å². The van der Waals surface area contributed by atoms with Crippen LogP contribution in [0.4, 0.5) is 4.79 Å². The molecule has 1 saturated heterocycles. The van der Waals surface area contributed by atoms with Crippen molar-refractivity contribution in [2.24, 2.45) is 11.3 Å². The lowest BCUT2D eigenvalue weighted by atomic mass is 9.89. The number of hydrogen-bond acceptors (Lipinski definition) is 4. The first-order valence-corrected chi connectivity index (χ1v) is 6.20. The number of nitrogens with one attached hydrogen (secondary N) is 2. The number of imide groups is 1. The van der Waals surface area contributed by atoms with Crippen molar-refractivity contribution >= 4 is 17.9 Å². The van der Waals surface area contributed by atoms with Crippen LogP contribution in [0, 0.1) is 11.3 Å². The molecule has 108 valence electrons. The number of rotatable bonds is 5. The Kier molecular flexibility index (Phi) is 5.29. The second kappa shape index (κ2) is 6.51. The van der Waals surface area contributed by atoms with Gasteiger partial charge in [-0.1, -0.05) is 0 Å². The monoisotopic (exact) mass is 272 g/mol. The molecule has 1 fully saturated rings. The van der Waals surface area contributed by atoms with Crippen LogP contribution in [0.3, 0.4) is 0 Å². The zero-order valence-corrected chi connectivity index (χ0v) is 11.2. The molecule has 19 heavy (non-hydrogen) atoms. The van der Waals surface area contributed by atoms with Gasteiger partial charge in [-0.2, -0.15) is 0 Å². The van der Waals surface area contributed by atoms with Gasteiger partial charge >= 0.3 is 12.0 Å². The Morgan fingerprint density at radius 1 is 1.37 bits per heavy atom. The van der Waals surface area contributed by atoms with Crippen LogP contribution in [0.1, 0.15) is 26.7 Å². The van der Waals surface area contributed by atoms with E-state index < -0.39 is 23.3 Å². The maximum absolute atomic E-state index is 11.5. The first kappa shape index (κ1) is 15.4. The summed E-state index contributed by atoms with van der Waals surface area (Å²) in [6.07, 6.45) is 0.641. The normalized spacial score (nSPS) is 18.9. The first-order valence-electron chi connectivity index (χ1n) is 6.20. The van der Waals surface area contributed by atoms with Crippen LogP contribution in [-0.2, 0) is 14.3 Å². The Morgan fingerprint density at radius 2 is 2.05 bits per heavy atom. The van der Waals surface area contributed by atoms with Crippen LogP contribution in [-0.4, -0.2) is 42.8 Å². The van der Waals surface area contributed by atoms with Gasteiger partial charge in [0.2, 0.25) is 5.91 Å². The van der Waals surface area contributed by atoms with E-state index in [9.17, 15) is 14.4 Å². The maximum atomic E-state index is 11.5. The van der Waals surface area contributed by atoms with Gasteiger partial charge in [-0.25, -0.2) is 4.79 Å². The van der Waals surface area contributed by atoms with Gasteiger partial charge in [0.05, 0.1) is 12.0 Å². The summed E-state index contributed by atoms with van der Waals surface area (Å²) in [5.74, 6) is -1.41. The summed E-state index contributed by atoms with van der Waals surface area (Å²) in [5, 5.41) is 13.6. The molecule has 1 aliphatic rings. The highest BCUT2D eigenvalue weighted by Gasteiger charge is 2.30. The highest BCUT2D eigenvalue weighted by atomic mass is 16.5. The van der Waals surface area contributed by atoms with E-state index in [-0.39, 0.29) is 12.3 Å². The van der Waals surface area contributed by atoms with E-state index in [1.54, 1.807) is 0 Å². The zero-order valence-electron chi connectivity index (χ0n) is 11.2. The molecule has 3 N–H and O–H groups in total. The zero-order chi connectivity index (χ0) is 14.5. The van der Waals surface area contributed by atoms with Crippen molar-refractivity contribution in [3.63, 3.8) is 0 Å². The molecule has 1 unspecified atom stereocenters. The van der Waals surface area contributed by atoms with E-state index in [2.05, 4.69) is 10.6 Å². The molecular formula is C12H20N2O5. The van der Waals surface area contributed by atoms with Crippen molar-refractivity contribution in [3.8, 4) is 0 Å². The minimum Gasteiger partial charge on any atom is -0.481 e. The largest absolute Gasteiger partial charge is 0.481 e.